The molecule has 30 heavy (non-hydrogen) atoms. The van der Waals surface area contributed by atoms with Gasteiger partial charge < -0.3 is 21.9 Å². The van der Waals surface area contributed by atoms with E-state index >= 15 is 0 Å². The fourth-order valence-electron chi connectivity index (χ4n) is 3.26. The molecule has 152 valence electrons. The van der Waals surface area contributed by atoms with E-state index in [-0.39, 0.29) is 49.8 Å². The first-order valence-electron chi connectivity index (χ1n) is 9.23. The Labute approximate surface area is 198 Å². The van der Waals surface area contributed by atoms with Gasteiger partial charge in [0.25, 0.3) is 11.8 Å². The van der Waals surface area contributed by atoms with Crippen molar-refractivity contribution in [2.24, 2.45) is 5.92 Å². The van der Waals surface area contributed by atoms with Gasteiger partial charge in [-0.05, 0) is 16.7 Å². The van der Waals surface area contributed by atoms with Crippen molar-refractivity contribution in [3.8, 4) is 11.1 Å². The topological polar surface area (TPSA) is 107 Å². The summed E-state index contributed by atoms with van der Waals surface area (Å²) in [6, 6.07) is 17.7. The average Bonchev–Trinajstić information content (AvgIpc) is 2.72. The second kappa shape index (κ2) is 10.4. The van der Waals surface area contributed by atoms with Crippen molar-refractivity contribution in [3.63, 3.8) is 0 Å². The first-order valence-corrected chi connectivity index (χ1v) is 9.23. The normalized spacial score (nSPS) is 16.1. The third-order valence-electron chi connectivity index (χ3n) is 4.78. The van der Waals surface area contributed by atoms with Crippen LogP contribution in [0.3, 0.4) is 0 Å². The number of amides is 2. The molecule has 0 fully saturated rings. The minimum atomic E-state index is -1.23. The largest absolute Gasteiger partial charge is 1.00 e. The van der Waals surface area contributed by atoms with Crippen molar-refractivity contribution in [1.29, 1.82) is 0 Å². The Morgan fingerprint density at radius 3 is 2.30 bits per heavy atom. The molecule has 2 aromatic rings. The Kier molecular flexibility index (Phi) is 8.23. The summed E-state index contributed by atoms with van der Waals surface area (Å²) in [5.74, 6) is -3.47. The second-order valence-electron chi connectivity index (χ2n) is 6.99. The molecule has 2 aromatic carbocycles. The number of hydrogen-bond acceptors (Lipinski definition) is 4. The molecular weight excluding hydrogens is 395 g/mol. The van der Waals surface area contributed by atoms with Crippen LogP contribution in [0.2, 0.25) is 0 Å². The number of carbonyl (C=O) groups excluding carboxylic acids is 2. The zero-order chi connectivity index (χ0) is 21.0. The van der Waals surface area contributed by atoms with E-state index in [0.29, 0.717) is 0 Å². The van der Waals surface area contributed by atoms with Gasteiger partial charge in [0.2, 0.25) is 0 Å². The van der Waals surface area contributed by atoms with Crippen LogP contribution in [-0.2, 0) is 20.9 Å². The van der Waals surface area contributed by atoms with Gasteiger partial charge >= 0.3 is 35.5 Å². The zero-order valence-corrected chi connectivity index (χ0v) is 19.0. The number of nitrogens with zero attached hydrogens (tertiary/aromatic N) is 1. The third-order valence-corrected chi connectivity index (χ3v) is 4.78. The maximum Gasteiger partial charge on any atom is 1.00 e. The summed E-state index contributed by atoms with van der Waals surface area (Å²) in [5.41, 5.74) is 2.63. The summed E-state index contributed by atoms with van der Waals surface area (Å²) in [6.07, 6.45) is 0. The molecule has 0 saturated heterocycles. The molecule has 0 unspecified atom stereocenters. The molecule has 1 atom stereocenters. The Hall–Kier alpha value is -2.61. The molecule has 0 aliphatic carbocycles. The van der Waals surface area contributed by atoms with E-state index in [1.54, 1.807) is 6.92 Å². The molecule has 1 aliphatic rings. The van der Waals surface area contributed by atoms with Crippen LogP contribution < -0.4 is 34.9 Å². The first-order chi connectivity index (χ1) is 13.9. The van der Waals surface area contributed by atoms with Crippen molar-refractivity contribution in [2.75, 3.05) is 13.1 Å². The minimum absolute atomic E-state index is 0. The van der Waals surface area contributed by atoms with Crippen molar-refractivity contribution in [3.05, 3.63) is 71.5 Å². The maximum atomic E-state index is 12.8. The van der Waals surface area contributed by atoms with Crippen LogP contribution in [0.5, 0.6) is 0 Å². The smallest absolute Gasteiger partial charge is 1.00 e. The Bertz CT molecular complexity index is 964. The standard InChI is InChI=1S/C22H22N2O5.Na.H/c1-14-12-24(22(29)19(20(14)27)21(28)23-11-18(25)26)13-15-7-9-17(10-8-15)16-5-3-2-4-6-16;;/h2-10,14,27H,11-13H2,1H3,(H,23,28)(H,25,26);;/q;+1;-1/t14-;;/m0../s1. The van der Waals surface area contributed by atoms with Crippen LogP contribution in [0.15, 0.2) is 65.9 Å². The molecule has 0 radical (unpaired) electrons. The summed E-state index contributed by atoms with van der Waals surface area (Å²) >= 11 is 0. The van der Waals surface area contributed by atoms with Crippen LogP contribution in [0.1, 0.15) is 13.9 Å². The van der Waals surface area contributed by atoms with Gasteiger partial charge in [0.1, 0.15) is 17.9 Å². The first kappa shape index (κ1) is 23.7. The van der Waals surface area contributed by atoms with Gasteiger partial charge in [-0.15, -0.1) is 0 Å². The molecule has 8 heteroatoms. The van der Waals surface area contributed by atoms with E-state index in [2.05, 4.69) is 5.32 Å². The Morgan fingerprint density at radius 1 is 1.10 bits per heavy atom. The van der Waals surface area contributed by atoms with Crippen molar-refractivity contribution in [2.45, 2.75) is 13.5 Å². The van der Waals surface area contributed by atoms with Crippen LogP contribution in [0.25, 0.3) is 11.1 Å². The second-order valence-corrected chi connectivity index (χ2v) is 6.99. The van der Waals surface area contributed by atoms with Gasteiger partial charge in [-0.25, -0.2) is 0 Å². The molecule has 1 aliphatic heterocycles. The number of aliphatic carboxylic acids is 1. The number of carboxylic acids is 1. The number of hydrogen-bond donors (Lipinski definition) is 3. The molecular formula is C22H23N2NaO5. The van der Waals surface area contributed by atoms with E-state index in [0.717, 1.165) is 16.7 Å². The summed E-state index contributed by atoms with van der Waals surface area (Å²) in [6.45, 7) is 1.62. The molecule has 0 saturated carbocycles. The SMILES string of the molecule is C[C@H]1CN(Cc2ccc(-c3ccccc3)cc2)C(=O)C(C(=O)NCC(=O)O)=C1O.[H-].[Na+]. The Morgan fingerprint density at radius 2 is 1.70 bits per heavy atom. The molecule has 7 nitrogen and oxygen atoms in total. The van der Waals surface area contributed by atoms with E-state index in [9.17, 15) is 19.5 Å². The Balaban J connectivity index is 0.00000240. The number of aliphatic hydroxyl groups excluding tert-OH is 1. The fourth-order valence-corrected chi connectivity index (χ4v) is 3.26. The summed E-state index contributed by atoms with van der Waals surface area (Å²) in [5, 5.41) is 21.1. The number of nitrogens with one attached hydrogen (secondary N) is 1. The van der Waals surface area contributed by atoms with Gasteiger partial charge in [0, 0.05) is 19.0 Å². The monoisotopic (exact) mass is 418 g/mol. The number of carboxylic acid groups (broad SMARTS) is 1. The van der Waals surface area contributed by atoms with Gasteiger partial charge in [-0.3, -0.25) is 14.4 Å². The fraction of sp³-hybridized carbons (Fsp3) is 0.227. The molecule has 0 spiro atoms. The van der Waals surface area contributed by atoms with Crippen LogP contribution in [-0.4, -0.2) is 46.0 Å². The summed E-state index contributed by atoms with van der Waals surface area (Å²) < 4.78 is 0. The predicted molar refractivity (Wildman–Crippen MR) is 108 cm³/mol. The van der Waals surface area contributed by atoms with Gasteiger partial charge in [-0.1, -0.05) is 61.5 Å². The molecule has 2 amide bonds. The van der Waals surface area contributed by atoms with Crippen LogP contribution in [0.4, 0.5) is 0 Å². The summed E-state index contributed by atoms with van der Waals surface area (Å²) in [7, 11) is 0. The van der Waals surface area contributed by atoms with E-state index < -0.39 is 35.8 Å². The number of aliphatic hydroxyl groups is 1. The van der Waals surface area contributed by atoms with Crippen LogP contribution in [0, 0.1) is 5.92 Å². The summed E-state index contributed by atoms with van der Waals surface area (Å²) in [4.78, 5) is 37.1. The molecule has 3 rings (SSSR count). The molecule has 1 heterocycles. The third kappa shape index (κ3) is 5.50. The molecule has 0 bridgehead atoms. The molecule has 3 N–H and O–H groups in total. The van der Waals surface area contributed by atoms with E-state index in [1.807, 2.05) is 54.6 Å². The molecule has 0 aromatic heterocycles. The van der Waals surface area contributed by atoms with Crippen molar-refractivity contribution >= 4 is 17.8 Å². The number of carbonyl (C=O) groups is 3. The van der Waals surface area contributed by atoms with Crippen molar-refractivity contribution in [1.82, 2.24) is 10.2 Å². The van der Waals surface area contributed by atoms with Gasteiger partial charge in [0.05, 0.1) is 0 Å². The number of benzene rings is 2. The van der Waals surface area contributed by atoms with Crippen LogP contribution >= 0.6 is 0 Å². The van der Waals surface area contributed by atoms with Crippen molar-refractivity contribution < 1.29 is 55.6 Å². The minimum Gasteiger partial charge on any atom is -1.00 e. The van der Waals surface area contributed by atoms with Gasteiger partial charge in [0.15, 0.2) is 0 Å². The van der Waals surface area contributed by atoms with E-state index in [4.69, 9.17) is 5.11 Å². The van der Waals surface area contributed by atoms with Gasteiger partial charge in [-0.2, -0.15) is 0 Å². The zero-order valence-electron chi connectivity index (χ0n) is 18.0. The predicted octanol–water partition coefficient (Wildman–Crippen LogP) is -0.539. The quantitative estimate of drug-likeness (QED) is 0.432. The average molecular weight is 418 g/mol. The number of rotatable bonds is 6. The van der Waals surface area contributed by atoms with E-state index in [1.165, 1.54) is 4.90 Å². The maximum absolute atomic E-state index is 12.8.